The Morgan fingerprint density at radius 3 is 1.55 bits per heavy atom. The smallest absolute Gasteiger partial charge is 0.230 e. The number of halogens is 2. The van der Waals surface area contributed by atoms with Crippen LogP contribution in [0.5, 0.6) is 0 Å². The third-order valence-corrected chi connectivity index (χ3v) is 8.81. The largest absolute Gasteiger partial charge is 0.300 e. The third kappa shape index (κ3) is 7.13. The first kappa shape index (κ1) is 26.7. The van der Waals surface area contributed by atoms with E-state index in [9.17, 15) is 9.59 Å². The van der Waals surface area contributed by atoms with Crippen molar-refractivity contribution in [1.29, 1.82) is 0 Å². The van der Waals surface area contributed by atoms with Crippen molar-refractivity contribution in [2.75, 3.05) is 10.6 Å². The van der Waals surface area contributed by atoms with Crippen LogP contribution in [0.2, 0.25) is 10.0 Å². The summed E-state index contributed by atoms with van der Waals surface area (Å²) in [4.78, 5) is 24.9. The van der Waals surface area contributed by atoms with E-state index in [1.807, 2.05) is 24.3 Å². The van der Waals surface area contributed by atoms with Crippen molar-refractivity contribution in [1.82, 2.24) is 20.4 Å². The first-order valence-corrected chi connectivity index (χ1v) is 14.6. The molecule has 5 rings (SSSR count). The molecule has 2 aromatic carbocycles. The Labute approximate surface area is 237 Å². The van der Waals surface area contributed by atoms with Crippen LogP contribution >= 0.6 is 45.9 Å². The van der Waals surface area contributed by atoms with Crippen LogP contribution in [0.1, 0.15) is 58.7 Å². The summed E-state index contributed by atoms with van der Waals surface area (Å²) in [7, 11) is 0. The van der Waals surface area contributed by atoms with Crippen LogP contribution in [0.25, 0.3) is 0 Å². The van der Waals surface area contributed by atoms with E-state index in [0.29, 0.717) is 20.3 Å². The molecular formula is C26H24Cl2N6O2S2. The minimum atomic E-state index is -0.143. The number of anilines is 2. The van der Waals surface area contributed by atoms with Crippen LogP contribution in [0.4, 0.5) is 10.3 Å². The van der Waals surface area contributed by atoms with E-state index in [4.69, 9.17) is 23.2 Å². The Morgan fingerprint density at radius 2 is 1.13 bits per heavy atom. The summed E-state index contributed by atoms with van der Waals surface area (Å²) in [5, 5.41) is 26.9. The summed E-state index contributed by atoms with van der Waals surface area (Å²) < 4.78 is 0. The minimum absolute atomic E-state index is 0.143. The average molecular weight is 588 g/mol. The van der Waals surface area contributed by atoms with Gasteiger partial charge in [-0.2, -0.15) is 0 Å². The lowest BCUT2D eigenvalue weighted by molar-refractivity contribution is -0.116. The summed E-state index contributed by atoms with van der Waals surface area (Å²) >= 11 is 14.7. The molecule has 0 spiro atoms. The van der Waals surface area contributed by atoms with Crippen molar-refractivity contribution in [3.63, 3.8) is 0 Å². The summed E-state index contributed by atoms with van der Waals surface area (Å²) in [6.07, 6.45) is 4.41. The summed E-state index contributed by atoms with van der Waals surface area (Å²) in [5.41, 5.74) is 1.76. The molecule has 2 N–H and O–H groups in total. The molecule has 2 amide bonds. The summed E-state index contributed by atoms with van der Waals surface area (Å²) in [6.45, 7) is 0. The maximum atomic E-state index is 12.4. The maximum absolute atomic E-state index is 12.4. The Bertz CT molecular complexity index is 1300. The fourth-order valence-electron chi connectivity index (χ4n) is 4.44. The Morgan fingerprint density at radius 1 is 0.711 bits per heavy atom. The van der Waals surface area contributed by atoms with E-state index in [1.54, 1.807) is 24.3 Å². The molecule has 196 valence electrons. The number of hydrogen-bond acceptors (Lipinski definition) is 8. The number of hydrogen-bond donors (Lipinski definition) is 2. The predicted octanol–water partition coefficient (Wildman–Crippen LogP) is 6.50. The lowest BCUT2D eigenvalue weighted by Gasteiger charge is -2.25. The van der Waals surface area contributed by atoms with Crippen molar-refractivity contribution < 1.29 is 9.59 Å². The molecule has 0 bridgehead atoms. The first-order valence-electron chi connectivity index (χ1n) is 12.2. The van der Waals surface area contributed by atoms with Gasteiger partial charge in [0, 0.05) is 21.9 Å². The molecule has 1 aliphatic rings. The number of nitrogens with one attached hydrogen (secondary N) is 2. The van der Waals surface area contributed by atoms with Crippen LogP contribution in [0.15, 0.2) is 48.5 Å². The Hall–Kier alpha value is -2.92. The molecule has 38 heavy (non-hydrogen) atoms. The molecule has 4 aromatic rings. The van der Waals surface area contributed by atoms with Crippen molar-refractivity contribution in [2.45, 2.75) is 50.4 Å². The monoisotopic (exact) mass is 586 g/mol. The third-order valence-electron chi connectivity index (χ3n) is 6.30. The van der Waals surface area contributed by atoms with E-state index in [0.717, 1.165) is 46.8 Å². The van der Waals surface area contributed by atoms with Crippen molar-refractivity contribution in [3.05, 3.63) is 79.7 Å². The molecule has 2 aromatic heterocycles. The molecule has 1 aliphatic carbocycles. The zero-order valence-corrected chi connectivity index (χ0v) is 23.3. The molecule has 2 atom stereocenters. The highest BCUT2D eigenvalue weighted by molar-refractivity contribution is 7.15. The fourth-order valence-corrected chi connectivity index (χ4v) is 6.51. The topological polar surface area (TPSA) is 110 Å². The lowest BCUT2D eigenvalue weighted by atomic mass is 9.82. The predicted molar refractivity (Wildman–Crippen MR) is 151 cm³/mol. The maximum Gasteiger partial charge on any atom is 0.230 e. The number of rotatable bonds is 8. The van der Waals surface area contributed by atoms with Gasteiger partial charge in [0.25, 0.3) is 0 Å². The van der Waals surface area contributed by atoms with Crippen molar-refractivity contribution >= 4 is 68.0 Å². The van der Waals surface area contributed by atoms with Crippen LogP contribution in [0.3, 0.4) is 0 Å². The molecule has 0 saturated heterocycles. The average Bonchev–Trinajstić information content (AvgIpc) is 3.57. The quantitative estimate of drug-likeness (QED) is 0.244. The summed E-state index contributed by atoms with van der Waals surface area (Å²) in [6, 6.07) is 14.4. The van der Waals surface area contributed by atoms with Crippen molar-refractivity contribution in [3.8, 4) is 0 Å². The number of carbonyl (C=O) groups excluding carboxylic acids is 2. The van der Waals surface area contributed by atoms with E-state index in [2.05, 4.69) is 31.0 Å². The zero-order chi connectivity index (χ0) is 26.5. The van der Waals surface area contributed by atoms with Crippen LogP contribution < -0.4 is 10.6 Å². The minimum Gasteiger partial charge on any atom is -0.300 e. The van der Waals surface area contributed by atoms with Gasteiger partial charge in [-0.05, 0) is 54.7 Å². The Balaban J connectivity index is 1.14. The second-order valence-electron chi connectivity index (χ2n) is 9.15. The van der Waals surface area contributed by atoms with Gasteiger partial charge in [-0.3, -0.25) is 9.59 Å². The van der Waals surface area contributed by atoms with Crippen LogP contribution in [-0.4, -0.2) is 32.2 Å². The second-order valence-corrected chi connectivity index (χ2v) is 12.0. The zero-order valence-electron chi connectivity index (χ0n) is 20.2. The molecule has 0 unspecified atom stereocenters. The molecule has 1 saturated carbocycles. The molecular weight excluding hydrogens is 563 g/mol. The molecule has 2 heterocycles. The molecule has 0 radical (unpaired) electrons. The van der Waals surface area contributed by atoms with Crippen LogP contribution in [-0.2, 0) is 22.4 Å². The van der Waals surface area contributed by atoms with Gasteiger partial charge in [0.15, 0.2) is 0 Å². The molecule has 1 fully saturated rings. The second kappa shape index (κ2) is 12.3. The highest BCUT2D eigenvalue weighted by Crippen LogP contribution is 2.43. The van der Waals surface area contributed by atoms with E-state index < -0.39 is 0 Å². The number of carbonyl (C=O) groups is 2. The SMILES string of the molecule is O=C(Cc1ccc(Cl)cc1)Nc1nnc([C@H]2CCC[C@H](c3nnc(NC(=O)Cc4ccc(Cl)cc4)s3)C2)s1. The summed E-state index contributed by atoms with van der Waals surface area (Å²) in [5.74, 6) is 0.187. The van der Waals surface area contributed by atoms with Gasteiger partial charge >= 0.3 is 0 Å². The van der Waals surface area contributed by atoms with Gasteiger partial charge in [0.05, 0.1) is 12.8 Å². The first-order chi connectivity index (χ1) is 18.4. The fraction of sp³-hybridized carbons (Fsp3) is 0.308. The standard InChI is InChI=1S/C26H24Cl2N6O2S2/c27-19-8-4-15(5-9-19)12-21(35)29-25-33-31-23(37-25)17-2-1-3-18(14-17)24-32-34-26(38-24)30-22(36)13-16-6-10-20(28)11-7-16/h4-11,17-18H,1-3,12-14H2,(H,29,33,35)(H,30,34,36)/t17-,18-/m0/s1. The van der Waals surface area contributed by atoms with E-state index >= 15 is 0 Å². The molecule has 0 aliphatic heterocycles. The van der Waals surface area contributed by atoms with E-state index in [1.165, 1.54) is 22.7 Å². The van der Waals surface area contributed by atoms with Gasteiger partial charge in [-0.1, -0.05) is 76.6 Å². The van der Waals surface area contributed by atoms with E-state index in [-0.39, 0.29) is 36.5 Å². The van der Waals surface area contributed by atoms with Crippen molar-refractivity contribution in [2.24, 2.45) is 0 Å². The number of benzene rings is 2. The van der Waals surface area contributed by atoms with Crippen LogP contribution in [0, 0.1) is 0 Å². The lowest BCUT2D eigenvalue weighted by Crippen LogP contribution is -2.14. The van der Waals surface area contributed by atoms with Gasteiger partial charge in [-0.25, -0.2) is 0 Å². The normalized spacial score (nSPS) is 17.2. The van der Waals surface area contributed by atoms with Gasteiger partial charge in [-0.15, -0.1) is 20.4 Å². The highest BCUT2D eigenvalue weighted by atomic mass is 35.5. The Kier molecular flexibility index (Phi) is 8.63. The molecule has 8 nitrogen and oxygen atoms in total. The van der Waals surface area contributed by atoms with Gasteiger partial charge in [0.2, 0.25) is 22.1 Å². The highest BCUT2D eigenvalue weighted by Gasteiger charge is 2.29. The molecule has 12 heteroatoms. The van der Waals surface area contributed by atoms with Gasteiger partial charge in [0.1, 0.15) is 10.0 Å². The number of nitrogens with zero attached hydrogens (tertiary/aromatic N) is 4. The number of amides is 2. The van der Waals surface area contributed by atoms with Gasteiger partial charge < -0.3 is 10.6 Å². The number of aromatic nitrogens is 4.